The number of aryl methyl sites for hydroxylation is 1. The normalized spacial score (nSPS) is 25.2. The lowest BCUT2D eigenvalue weighted by molar-refractivity contribution is 0.326. The number of aromatic amines is 1. The predicted octanol–water partition coefficient (Wildman–Crippen LogP) is 0.514. The first-order chi connectivity index (χ1) is 8.47. The van der Waals surface area contributed by atoms with E-state index in [-0.39, 0.29) is 11.1 Å². The van der Waals surface area contributed by atoms with Crippen molar-refractivity contribution in [2.75, 3.05) is 6.54 Å². The van der Waals surface area contributed by atoms with Crippen LogP contribution in [0.15, 0.2) is 11.2 Å². The fraction of sp³-hybridized carbons (Fsp3) is 0.727. The summed E-state index contributed by atoms with van der Waals surface area (Å²) in [4.78, 5) is 6.63. The van der Waals surface area contributed by atoms with Gasteiger partial charge in [0.2, 0.25) is 0 Å². The van der Waals surface area contributed by atoms with E-state index in [1.54, 1.807) is 6.92 Å². The summed E-state index contributed by atoms with van der Waals surface area (Å²) in [6.45, 7) is 2.20. The number of H-pyrrole nitrogens is 1. The van der Waals surface area contributed by atoms with E-state index < -0.39 is 10.0 Å². The number of imidazole rings is 1. The molecule has 0 radical (unpaired) electrons. The third kappa shape index (κ3) is 3.30. The largest absolute Gasteiger partial charge is 0.332 e. The number of nitrogens with one attached hydrogen (secondary N) is 2. The summed E-state index contributed by atoms with van der Waals surface area (Å²) in [5.74, 6) is 0.989. The lowest BCUT2D eigenvalue weighted by atomic mass is 9.87. The predicted molar refractivity (Wildman–Crippen MR) is 68.4 cm³/mol. The standard InChI is InChI=1S/C11H20N4O2S/c1-8-13-7-11(15-8)18(16,17)14-6-9-2-4-10(12)5-3-9/h7,9-10,14H,2-6,12H2,1H3,(H,13,15). The Bertz CT molecular complexity index is 489. The van der Waals surface area contributed by atoms with Gasteiger partial charge in [-0.2, -0.15) is 0 Å². The van der Waals surface area contributed by atoms with Crippen LogP contribution in [0.3, 0.4) is 0 Å². The number of hydrogen-bond donors (Lipinski definition) is 3. The maximum absolute atomic E-state index is 11.9. The van der Waals surface area contributed by atoms with Gasteiger partial charge in [0.15, 0.2) is 5.03 Å². The van der Waals surface area contributed by atoms with Crippen LogP contribution in [0.5, 0.6) is 0 Å². The van der Waals surface area contributed by atoms with Crippen LogP contribution in [-0.4, -0.2) is 31.0 Å². The summed E-state index contributed by atoms with van der Waals surface area (Å²) in [5.41, 5.74) is 5.82. The molecule has 0 bridgehead atoms. The maximum Gasteiger partial charge on any atom is 0.257 e. The van der Waals surface area contributed by atoms with E-state index in [9.17, 15) is 8.42 Å². The highest BCUT2D eigenvalue weighted by Gasteiger charge is 2.22. The van der Waals surface area contributed by atoms with Gasteiger partial charge in [-0.25, -0.2) is 18.1 Å². The maximum atomic E-state index is 11.9. The minimum atomic E-state index is -3.45. The highest BCUT2D eigenvalue weighted by molar-refractivity contribution is 7.89. The molecule has 0 unspecified atom stereocenters. The molecule has 1 aliphatic rings. The lowest BCUT2D eigenvalue weighted by Gasteiger charge is -2.25. The molecule has 1 aromatic rings. The molecule has 2 rings (SSSR count). The summed E-state index contributed by atoms with van der Waals surface area (Å²) >= 11 is 0. The molecular formula is C11H20N4O2S. The fourth-order valence-corrected chi connectivity index (χ4v) is 3.32. The summed E-state index contributed by atoms with van der Waals surface area (Å²) in [7, 11) is -3.45. The van der Waals surface area contributed by atoms with Gasteiger partial charge in [0.25, 0.3) is 10.0 Å². The van der Waals surface area contributed by atoms with Crippen molar-refractivity contribution in [1.29, 1.82) is 0 Å². The zero-order valence-electron chi connectivity index (χ0n) is 10.5. The van der Waals surface area contributed by atoms with E-state index in [1.807, 2.05) is 0 Å². The molecule has 1 aromatic heterocycles. The van der Waals surface area contributed by atoms with Gasteiger partial charge in [-0.1, -0.05) is 0 Å². The molecule has 0 atom stereocenters. The van der Waals surface area contributed by atoms with Crippen LogP contribution in [0.1, 0.15) is 31.5 Å². The second kappa shape index (κ2) is 5.38. The van der Waals surface area contributed by atoms with Crippen LogP contribution in [-0.2, 0) is 10.0 Å². The van der Waals surface area contributed by atoms with Crippen molar-refractivity contribution >= 4 is 10.0 Å². The first-order valence-electron chi connectivity index (χ1n) is 6.24. The average molecular weight is 272 g/mol. The van der Waals surface area contributed by atoms with E-state index in [0.717, 1.165) is 25.7 Å². The molecular weight excluding hydrogens is 252 g/mol. The topological polar surface area (TPSA) is 101 Å². The Labute approximate surface area is 107 Å². The first-order valence-corrected chi connectivity index (χ1v) is 7.72. The zero-order chi connectivity index (χ0) is 13.2. The van der Waals surface area contributed by atoms with Crippen molar-refractivity contribution in [3.63, 3.8) is 0 Å². The van der Waals surface area contributed by atoms with Crippen molar-refractivity contribution in [1.82, 2.24) is 14.7 Å². The quantitative estimate of drug-likeness (QED) is 0.743. The van der Waals surface area contributed by atoms with Gasteiger partial charge >= 0.3 is 0 Å². The third-order valence-electron chi connectivity index (χ3n) is 3.42. The summed E-state index contributed by atoms with van der Waals surface area (Å²) in [5, 5.41) is 0.132. The highest BCUT2D eigenvalue weighted by atomic mass is 32.2. The minimum absolute atomic E-state index is 0.132. The van der Waals surface area contributed by atoms with E-state index in [1.165, 1.54) is 6.20 Å². The van der Waals surface area contributed by atoms with Crippen LogP contribution in [0, 0.1) is 12.8 Å². The molecule has 6 nitrogen and oxygen atoms in total. The van der Waals surface area contributed by atoms with E-state index >= 15 is 0 Å². The van der Waals surface area contributed by atoms with Crippen molar-refractivity contribution in [2.24, 2.45) is 11.7 Å². The molecule has 1 aliphatic carbocycles. The molecule has 0 aromatic carbocycles. The number of hydrogen-bond acceptors (Lipinski definition) is 4. The summed E-state index contributed by atoms with van der Waals surface area (Å²) < 4.78 is 26.5. The fourth-order valence-electron chi connectivity index (χ4n) is 2.23. The lowest BCUT2D eigenvalue weighted by Crippen LogP contribution is -2.34. The number of aromatic nitrogens is 2. The molecule has 4 N–H and O–H groups in total. The molecule has 7 heteroatoms. The Balaban J connectivity index is 1.90. The molecule has 0 saturated heterocycles. The third-order valence-corrected chi connectivity index (χ3v) is 4.76. The summed E-state index contributed by atoms with van der Waals surface area (Å²) in [6.07, 6.45) is 5.29. The molecule has 18 heavy (non-hydrogen) atoms. The number of sulfonamides is 1. The second-order valence-electron chi connectivity index (χ2n) is 4.97. The van der Waals surface area contributed by atoms with Crippen LogP contribution >= 0.6 is 0 Å². The van der Waals surface area contributed by atoms with Crippen molar-refractivity contribution < 1.29 is 8.42 Å². The zero-order valence-corrected chi connectivity index (χ0v) is 11.3. The molecule has 0 amide bonds. The molecule has 0 spiro atoms. The molecule has 1 fully saturated rings. The smallest absolute Gasteiger partial charge is 0.257 e. The van der Waals surface area contributed by atoms with E-state index in [0.29, 0.717) is 18.3 Å². The SMILES string of the molecule is Cc1ncc(S(=O)(=O)NCC2CCC(N)CC2)[nH]1. The highest BCUT2D eigenvalue weighted by Crippen LogP contribution is 2.22. The Hall–Kier alpha value is -0.920. The van der Waals surface area contributed by atoms with E-state index in [4.69, 9.17) is 5.73 Å². The Kier molecular flexibility index (Phi) is 4.04. The molecule has 0 aliphatic heterocycles. The second-order valence-corrected chi connectivity index (χ2v) is 6.70. The van der Waals surface area contributed by atoms with Gasteiger partial charge < -0.3 is 10.7 Å². The van der Waals surface area contributed by atoms with Crippen LogP contribution in [0.25, 0.3) is 0 Å². The first kappa shape index (κ1) is 13.5. The van der Waals surface area contributed by atoms with Crippen molar-refractivity contribution in [2.45, 2.75) is 43.7 Å². The molecule has 1 saturated carbocycles. The average Bonchev–Trinajstić information content (AvgIpc) is 2.76. The Morgan fingerprint density at radius 2 is 2.11 bits per heavy atom. The Morgan fingerprint density at radius 3 is 2.67 bits per heavy atom. The number of rotatable bonds is 4. The Morgan fingerprint density at radius 1 is 1.44 bits per heavy atom. The summed E-state index contributed by atoms with van der Waals surface area (Å²) in [6, 6.07) is 0.285. The van der Waals surface area contributed by atoms with Crippen molar-refractivity contribution in [3.8, 4) is 0 Å². The van der Waals surface area contributed by atoms with Crippen LogP contribution in [0.4, 0.5) is 0 Å². The van der Waals surface area contributed by atoms with Gasteiger partial charge in [-0.15, -0.1) is 0 Å². The van der Waals surface area contributed by atoms with Crippen LogP contribution < -0.4 is 10.5 Å². The van der Waals surface area contributed by atoms with E-state index in [2.05, 4.69) is 14.7 Å². The van der Waals surface area contributed by atoms with Gasteiger partial charge in [0.1, 0.15) is 5.82 Å². The molecule has 102 valence electrons. The van der Waals surface area contributed by atoms with Gasteiger partial charge in [-0.05, 0) is 38.5 Å². The minimum Gasteiger partial charge on any atom is -0.332 e. The van der Waals surface area contributed by atoms with Gasteiger partial charge in [0.05, 0.1) is 6.20 Å². The van der Waals surface area contributed by atoms with Crippen LogP contribution in [0.2, 0.25) is 0 Å². The van der Waals surface area contributed by atoms with Crippen molar-refractivity contribution in [3.05, 3.63) is 12.0 Å². The molecule has 1 heterocycles. The van der Waals surface area contributed by atoms with Gasteiger partial charge in [0, 0.05) is 12.6 Å². The number of nitrogens with zero attached hydrogens (tertiary/aromatic N) is 1. The monoisotopic (exact) mass is 272 g/mol. The van der Waals surface area contributed by atoms with Gasteiger partial charge in [-0.3, -0.25) is 0 Å². The number of nitrogens with two attached hydrogens (primary N) is 1.